The van der Waals surface area contributed by atoms with Crippen molar-refractivity contribution in [3.05, 3.63) is 35.8 Å². The van der Waals surface area contributed by atoms with Gasteiger partial charge in [-0.2, -0.15) is 0 Å². The molecule has 0 aromatic carbocycles. The van der Waals surface area contributed by atoms with Gasteiger partial charge in [0.2, 0.25) is 5.88 Å². The first-order valence-corrected chi connectivity index (χ1v) is 6.06. The van der Waals surface area contributed by atoms with Gasteiger partial charge in [-0.3, -0.25) is 0 Å². The smallest absolute Gasteiger partial charge is 0.212 e. The number of nitrogens with zero attached hydrogens (tertiary/aromatic N) is 3. The first-order chi connectivity index (χ1) is 9.24. The molecule has 0 spiro atoms. The van der Waals surface area contributed by atoms with Gasteiger partial charge in [-0.25, -0.2) is 15.0 Å². The van der Waals surface area contributed by atoms with Crippen LogP contribution >= 0.6 is 0 Å². The van der Waals surface area contributed by atoms with E-state index in [0.29, 0.717) is 18.2 Å². The van der Waals surface area contributed by atoms with E-state index in [4.69, 9.17) is 10.5 Å². The summed E-state index contributed by atoms with van der Waals surface area (Å²) in [6.45, 7) is 2.65. The number of hydrogen-bond donors (Lipinski definition) is 2. The Balaban J connectivity index is 2.07. The predicted molar refractivity (Wildman–Crippen MR) is 73.9 cm³/mol. The summed E-state index contributed by atoms with van der Waals surface area (Å²) < 4.78 is 5.02. The van der Waals surface area contributed by atoms with Crippen LogP contribution in [0.25, 0.3) is 0 Å². The van der Waals surface area contributed by atoms with Crippen molar-refractivity contribution in [2.24, 2.45) is 0 Å². The molecule has 0 fully saturated rings. The molecular formula is C13H17N5O. The number of ether oxygens (including phenoxy) is 1. The highest BCUT2D eigenvalue weighted by Gasteiger charge is 2.06. The summed E-state index contributed by atoms with van der Waals surface area (Å²) in [6.07, 6.45) is 4.01. The number of nitrogens with one attached hydrogen (secondary N) is 1. The molecule has 0 amide bonds. The van der Waals surface area contributed by atoms with Crippen LogP contribution in [0.5, 0.6) is 5.88 Å². The summed E-state index contributed by atoms with van der Waals surface area (Å²) in [4.78, 5) is 12.3. The van der Waals surface area contributed by atoms with E-state index in [2.05, 4.69) is 20.3 Å². The molecule has 6 heteroatoms. The maximum absolute atomic E-state index is 5.82. The van der Waals surface area contributed by atoms with Crippen LogP contribution in [0.2, 0.25) is 0 Å². The minimum absolute atomic E-state index is 0.521. The fourth-order valence-electron chi connectivity index (χ4n) is 1.75. The molecule has 0 unspecified atom stereocenters. The Kier molecular flexibility index (Phi) is 4.12. The van der Waals surface area contributed by atoms with Crippen molar-refractivity contribution in [2.75, 3.05) is 18.2 Å². The fraction of sp³-hybridized carbons (Fsp3) is 0.308. The van der Waals surface area contributed by atoms with Gasteiger partial charge < -0.3 is 15.8 Å². The molecule has 0 saturated heterocycles. The van der Waals surface area contributed by atoms with Crippen molar-refractivity contribution in [3.8, 4) is 5.88 Å². The molecule has 0 radical (unpaired) electrons. The fourth-order valence-corrected chi connectivity index (χ4v) is 1.75. The number of nitrogen functional groups attached to an aromatic ring is 1. The molecule has 100 valence electrons. The molecule has 0 saturated carbocycles. The van der Waals surface area contributed by atoms with Crippen molar-refractivity contribution in [1.82, 2.24) is 15.0 Å². The lowest BCUT2D eigenvalue weighted by Crippen LogP contribution is -2.08. The number of rotatable bonds is 5. The Morgan fingerprint density at radius 3 is 2.74 bits per heavy atom. The van der Waals surface area contributed by atoms with Crippen LogP contribution in [0.1, 0.15) is 18.1 Å². The predicted octanol–water partition coefficient (Wildman–Crippen LogP) is 1.64. The maximum Gasteiger partial charge on any atom is 0.212 e. The minimum Gasteiger partial charge on any atom is -0.481 e. The second kappa shape index (κ2) is 5.99. The van der Waals surface area contributed by atoms with E-state index in [-0.39, 0.29) is 0 Å². The Bertz CT molecular complexity index is 541. The van der Waals surface area contributed by atoms with E-state index in [1.165, 1.54) is 6.33 Å². The largest absolute Gasteiger partial charge is 0.481 e. The Morgan fingerprint density at radius 2 is 2.11 bits per heavy atom. The van der Waals surface area contributed by atoms with Crippen LogP contribution in [0, 0.1) is 0 Å². The zero-order valence-electron chi connectivity index (χ0n) is 11.1. The van der Waals surface area contributed by atoms with Crippen molar-refractivity contribution in [3.63, 3.8) is 0 Å². The van der Waals surface area contributed by atoms with Gasteiger partial charge in [-0.05, 0) is 12.0 Å². The quantitative estimate of drug-likeness (QED) is 0.849. The molecule has 0 aliphatic rings. The topological polar surface area (TPSA) is 86.0 Å². The number of methoxy groups -OCH3 is 1. The summed E-state index contributed by atoms with van der Waals surface area (Å²) in [5, 5.41) is 3.25. The van der Waals surface area contributed by atoms with Crippen LogP contribution in [0.3, 0.4) is 0 Å². The van der Waals surface area contributed by atoms with E-state index < -0.39 is 0 Å². The Hall–Kier alpha value is -2.37. The molecule has 2 rings (SSSR count). The monoisotopic (exact) mass is 259 g/mol. The third-order valence-electron chi connectivity index (χ3n) is 2.80. The lowest BCUT2D eigenvalue weighted by atomic mass is 10.2. The summed E-state index contributed by atoms with van der Waals surface area (Å²) in [7, 11) is 1.59. The van der Waals surface area contributed by atoms with Crippen LogP contribution in [0.15, 0.2) is 24.7 Å². The molecule has 0 aliphatic heterocycles. The Morgan fingerprint density at radius 1 is 1.26 bits per heavy atom. The van der Waals surface area contributed by atoms with Crippen LogP contribution < -0.4 is 15.8 Å². The normalized spacial score (nSPS) is 10.2. The average molecular weight is 259 g/mol. The zero-order chi connectivity index (χ0) is 13.7. The molecule has 0 aliphatic carbocycles. The summed E-state index contributed by atoms with van der Waals surface area (Å²) in [5.74, 6) is 1.89. The highest BCUT2D eigenvalue weighted by atomic mass is 16.5. The van der Waals surface area contributed by atoms with Gasteiger partial charge in [-0.1, -0.05) is 13.0 Å². The van der Waals surface area contributed by atoms with E-state index in [9.17, 15) is 0 Å². The molecule has 3 N–H and O–H groups in total. The summed E-state index contributed by atoms with van der Waals surface area (Å²) in [5.41, 5.74) is 7.79. The standard InChI is InChI=1S/C13H17N5O/c1-3-10-12(14)17-8-18-13(10)16-7-9-4-5-11(19-2)15-6-9/h4-6,8H,3,7H2,1-2H3,(H3,14,16,17,18). The number of aromatic nitrogens is 3. The van der Waals surface area contributed by atoms with Crippen LogP contribution in [-0.2, 0) is 13.0 Å². The molecule has 2 heterocycles. The average Bonchev–Trinajstić information content (AvgIpc) is 2.45. The third-order valence-corrected chi connectivity index (χ3v) is 2.80. The minimum atomic E-state index is 0.521. The third kappa shape index (κ3) is 3.09. The highest BCUT2D eigenvalue weighted by molar-refractivity contribution is 5.55. The second-order valence-electron chi connectivity index (χ2n) is 4.00. The maximum atomic E-state index is 5.82. The van der Waals surface area contributed by atoms with E-state index in [1.807, 2.05) is 19.1 Å². The van der Waals surface area contributed by atoms with Crippen molar-refractivity contribution in [1.29, 1.82) is 0 Å². The van der Waals surface area contributed by atoms with Gasteiger partial charge in [0.05, 0.1) is 7.11 Å². The molecule has 6 nitrogen and oxygen atoms in total. The number of pyridine rings is 1. The summed E-state index contributed by atoms with van der Waals surface area (Å²) >= 11 is 0. The van der Waals surface area contributed by atoms with Crippen LogP contribution in [-0.4, -0.2) is 22.1 Å². The first-order valence-electron chi connectivity index (χ1n) is 6.06. The second-order valence-corrected chi connectivity index (χ2v) is 4.00. The van der Waals surface area contributed by atoms with Gasteiger partial charge in [0.15, 0.2) is 0 Å². The summed E-state index contributed by atoms with van der Waals surface area (Å²) in [6, 6.07) is 3.78. The lowest BCUT2D eigenvalue weighted by molar-refractivity contribution is 0.397. The molecule has 0 atom stereocenters. The van der Waals surface area contributed by atoms with Crippen molar-refractivity contribution < 1.29 is 4.74 Å². The van der Waals surface area contributed by atoms with E-state index in [1.54, 1.807) is 13.3 Å². The molecular weight excluding hydrogens is 242 g/mol. The molecule has 19 heavy (non-hydrogen) atoms. The van der Waals surface area contributed by atoms with Gasteiger partial charge in [-0.15, -0.1) is 0 Å². The lowest BCUT2D eigenvalue weighted by Gasteiger charge is -2.11. The molecule has 2 aromatic heterocycles. The molecule has 2 aromatic rings. The highest BCUT2D eigenvalue weighted by Crippen LogP contribution is 2.18. The SMILES string of the molecule is CCc1c(N)ncnc1NCc1ccc(OC)nc1. The van der Waals surface area contributed by atoms with Crippen molar-refractivity contribution >= 4 is 11.6 Å². The van der Waals surface area contributed by atoms with Crippen molar-refractivity contribution in [2.45, 2.75) is 19.9 Å². The number of anilines is 2. The van der Waals surface area contributed by atoms with Gasteiger partial charge in [0.25, 0.3) is 0 Å². The van der Waals surface area contributed by atoms with Gasteiger partial charge >= 0.3 is 0 Å². The Labute approximate surface area is 112 Å². The zero-order valence-corrected chi connectivity index (χ0v) is 11.1. The molecule has 0 bridgehead atoms. The first kappa shape index (κ1) is 13.1. The van der Waals surface area contributed by atoms with Crippen LogP contribution in [0.4, 0.5) is 11.6 Å². The number of nitrogens with two attached hydrogens (primary N) is 1. The van der Waals surface area contributed by atoms with E-state index in [0.717, 1.165) is 23.4 Å². The van der Waals surface area contributed by atoms with Gasteiger partial charge in [0.1, 0.15) is 18.0 Å². The number of hydrogen-bond acceptors (Lipinski definition) is 6. The van der Waals surface area contributed by atoms with Gasteiger partial charge in [0, 0.05) is 24.4 Å². The van der Waals surface area contributed by atoms with E-state index >= 15 is 0 Å².